The molecular weight excluding hydrogens is 218 g/mol. The molecule has 0 aliphatic heterocycles. The lowest BCUT2D eigenvalue weighted by atomic mass is 10.1. The lowest BCUT2D eigenvalue weighted by Gasteiger charge is -1.99. The van der Waals surface area contributed by atoms with Gasteiger partial charge in [-0.15, -0.1) is 0 Å². The van der Waals surface area contributed by atoms with Gasteiger partial charge in [0.05, 0.1) is 5.52 Å². The maximum atomic E-state index is 11.9. The number of aromatic amines is 1. The number of nitrogens with one attached hydrogen (secondary N) is 1. The molecule has 0 saturated heterocycles. The highest BCUT2D eigenvalue weighted by molar-refractivity contribution is 5.81. The Labute approximate surface area is 96.5 Å². The Hall–Kier alpha value is -2.10. The topological polar surface area (TPSA) is 70.2 Å². The number of benzene rings is 1. The van der Waals surface area contributed by atoms with Gasteiger partial charge in [0, 0.05) is 11.5 Å². The zero-order valence-electron chi connectivity index (χ0n) is 9.12. The fourth-order valence-corrected chi connectivity index (χ4v) is 2.41. The second kappa shape index (κ2) is 3.45. The van der Waals surface area contributed by atoms with Crippen molar-refractivity contribution in [3.63, 3.8) is 0 Å². The van der Waals surface area contributed by atoms with Gasteiger partial charge in [-0.05, 0) is 42.5 Å². The summed E-state index contributed by atoms with van der Waals surface area (Å²) in [6.07, 6.45) is 3.00. The number of rotatable bonds is 0. The van der Waals surface area contributed by atoms with E-state index >= 15 is 0 Å². The Morgan fingerprint density at radius 3 is 2.53 bits per heavy atom. The summed E-state index contributed by atoms with van der Waals surface area (Å²) in [5.74, 6) is -0.501. The van der Waals surface area contributed by atoms with Crippen molar-refractivity contribution < 1.29 is 5.11 Å². The fraction of sp³-hybridized carbons (Fsp3) is 0.231. The van der Waals surface area contributed by atoms with Gasteiger partial charge in [0.2, 0.25) is 5.43 Å². The van der Waals surface area contributed by atoms with Crippen molar-refractivity contribution >= 4 is 10.9 Å². The van der Waals surface area contributed by atoms with Gasteiger partial charge in [-0.2, -0.15) is 0 Å². The minimum atomic E-state index is -0.501. The minimum Gasteiger partial charge on any atom is -0.504 e. The van der Waals surface area contributed by atoms with Gasteiger partial charge >= 0.3 is 0 Å². The van der Waals surface area contributed by atoms with Crippen LogP contribution in [-0.4, -0.2) is 10.1 Å². The Kier molecular flexibility index (Phi) is 2.04. The minimum absolute atomic E-state index is 0.380. The quantitative estimate of drug-likeness (QED) is 0.710. The van der Waals surface area contributed by atoms with Crippen LogP contribution in [0.4, 0.5) is 0 Å². The number of hydrogen-bond donors (Lipinski definition) is 2. The highest BCUT2D eigenvalue weighted by atomic mass is 16.3. The molecule has 0 saturated carbocycles. The van der Waals surface area contributed by atoms with E-state index in [0.717, 1.165) is 30.9 Å². The fourth-order valence-electron chi connectivity index (χ4n) is 2.41. The molecule has 1 heterocycles. The summed E-state index contributed by atoms with van der Waals surface area (Å²) in [5, 5.41) is 9.85. The molecule has 2 N–H and O–H groups in total. The van der Waals surface area contributed by atoms with E-state index in [1.165, 1.54) is 5.56 Å². The van der Waals surface area contributed by atoms with Crippen molar-refractivity contribution in [2.45, 2.75) is 19.3 Å². The van der Waals surface area contributed by atoms with Crippen LogP contribution in [0.25, 0.3) is 10.9 Å². The van der Waals surface area contributed by atoms with Gasteiger partial charge < -0.3 is 10.1 Å². The van der Waals surface area contributed by atoms with Gasteiger partial charge in [-0.1, -0.05) is 0 Å². The molecule has 4 heteroatoms. The highest BCUT2D eigenvalue weighted by Gasteiger charge is 2.13. The number of aromatic hydroxyl groups is 1. The predicted molar refractivity (Wildman–Crippen MR) is 64.5 cm³/mol. The van der Waals surface area contributed by atoms with Crippen LogP contribution in [0.1, 0.15) is 17.5 Å². The molecule has 1 aromatic heterocycles. The molecule has 1 aliphatic rings. The highest BCUT2D eigenvalue weighted by Crippen LogP contribution is 2.24. The van der Waals surface area contributed by atoms with E-state index in [1.54, 1.807) is 6.07 Å². The second-order valence-corrected chi connectivity index (χ2v) is 4.37. The van der Waals surface area contributed by atoms with Crippen molar-refractivity contribution in [3.05, 3.63) is 49.9 Å². The first kappa shape index (κ1) is 10.1. The first-order chi connectivity index (χ1) is 8.15. The Morgan fingerprint density at radius 1 is 1.06 bits per heavy atom. The number of aryl methyl sites for hydroxylation is 2. The predicted octanol–water partition coefficient (Wildman–Crippen LogP) is 1.08. The number of H-pyrrole nitrogens is 1. The van der Waals surface area contributed by atoms with Crippen LogP contribution in [0.3, 0.4) is 0 Å². The summed E-state index contributed by atoms with van der Waals surface area (Å²) in [7, 11) is 0. The van der Waals surface area contributed by atoms with Crippen LogP contribution >= 0.6 is 0 Å². The third-order valence-corrected chi connectivity index (χ3v) is 3.23. The molecule has 0 amide bonds. The molecule has 86 valence electrons. The molecule has 1 aromatic carbocycles. The molecule has 17 heavy (non-hydrogen) atoms. The lowest BCUT2D eigenvalue weighted by molar-refractivity contribution is 0.471. The van der Waals surface area contributed by atoms with Crippen molar-refractivity contribution in [1.82, 2.24) is 4.98 Å². The van der Waals surface area contributed by atoms with E-state index in [1.807, 2.05) is 6.07 Å². The Balaban J connectivity index is 2.54. The molecule has 4 nitrogen and oxygen atoms in total. The molecular formula is C13H11NO3. The first-order valence-electron chi connectivity index (χ1n) is 5.57. The third-order valence-electron chi connectivity index (χ3n) is 3.23. The summed E-state index contributed by atoms with van der Waals surface area (Å²) in [4.78, 5) is 25.9. The Bertz CT molecular complexity index is 731. The van der Waals surface area contributed by atoms with E-state index in [9.17, 15) is 14.7 Å². The van der Waals surface area contributed by atoms with Gasteiger partial charge in [-0.25, -0.2) is 0 Å². The number of aromatic nitrogens is 1. The molecule has 0 spiro atoms. The van der Waals surface area contributed by atoms with Gasteiger partial charge in [0.1, 0.15) is 0 Å². The van der Waals surface area contributed by atoms with Crippen LogP contribution in [-0.2, 0) is 12.8 Å². The van der Waals surface area contributed by atoms with E-state index in [-0.39, 0.29) is 0 Å². The molecule has 1 aliphatic carbocycles. The summed E-state index contributed by atoms with van der Waals surface area (Å²) in [5.41, 5.74) is 1.86. The van der Waals surface area contributed by atoms with Crippen molar-refractivity contribution in [2.24, 2.45) is 0 Å². The zero-order valence-corrected chi connectivity index (χ0v) is 9.12. The smallest absolute Gasteiger partial charge is 0.252 e. The molecule has 0 unspecified atom stereocenters. The summed E-state index contributed by atoms with van der Waals surface area (Å²) in [6.45, 7) is 0. The standard InChI is InChI=1S/C13H11NO3/c15-11-6-12(16)14-10-5-8-3-1-2-7(8)4-9(10)13(11)17/h4-6H,1-3H2,(H,14,16)(H,15,17). The van der Waals surface area contributed by atoms with Crippen molar-refractivity contribution in [2.75, 3.05) is 0 Å². The summed E-state index contributed by atoms with van der Waals surface area (Å²) < 4.78 is 0. The van der Waals surface area contributed by atoms with Crippen LogP contribution in [0.15, 0.2) is 27.8 Å². The SMILES string of the molecule is O=c1cc(O)c(=O)c2cc3c(cc2[nH]1)CCC3. The van der Waals surface area contributed by atoms with E-state index in [2.05, 4.69) is 4.98 Å². The van der Waals surface area contributed by atoms with E-state index in [4.69, 9.17) is 0 Å². The van der Waals surface area contributed by atoms with Crippen LogP contribution in [0, 0.1) is 0 Å². The lowest BCUT2D eigenvalue weighted by Crippen LogP contribution is -1.98. The van der Waals surface area contributed by atoms with Crippen LogP contribution in [0.2, 0.25) is 0 Å². The van der Waals surface area contributed by atoms with Gasteiger partial charge in [0.15, 0.2) is 5.75 Å². The summed E-state index contributed by atoms with van der Waals surface area (Å²) >= 11 is 0. The second-order valence-electron chi connectivity index (χ2n) is 4.37. The number of fused-ring (bicyclic) bond motifs is 2. The van der Waals surface area contributed by atoms with Crippen molar-refractivity contribution in [3.8, 4) is 5.75 Å². The molecule has 0 fully saturated rings. The average Bonchev–Trinajstić information content (AvgIpc) is 2.69. The normalized spacial score (nSPS) is 13.9. The molecule has 0 radical (unpaired) electrons. The molecule has 3 rings (SSSR count). The first-order valence-corrected chi connectivity index (χ1v) is 5.57. The van der Waals surface area contributed by atoms with Crippen molar-refractivity contribution in [1.29, 1.82) is 0 Å². The molecule has 0 atom stereocenters. The van der Waals surface area contributed by atoms with Crippen LogP contribution < -0.4 is 11.0 Å². The van der Waals surface area contributed by atoms with Gasteiger partial charge in [-0.3, -0.25) is 9.59 Å². The third kappa shape index (κ3) is 1.53. The average molecular weight is 229 g/mol. The monoisotopic (exact) mass is 229 g/mol. The maximum absolute atomic E-state index is 11.9. The zero-order chi connectivity index (χ0) is 12.0. The molecule has 0 bridgehead atoms. The van der Waals surface area contributed by atoms with E-state index < -0.39 is 16.7 Å². The summed E-state index contributed by atoms with van der Waals surface area (Å²) in [6, 6.07) is 4.56. The maximum Gasteiger partial charge on any atom is 0.252 e. The van der Waals surface area contributed by atoms with Crippen LogP contribution in [0.5, 0.6) is 5.75 Å². The van der Waals surface area contributed by atoms with Gasteiger partial charge in [0.25, 0.3) is 5.56 Å². The number of hydrogen-bond acceptors (Lipinski definition) is 3. The largest absolute Gasteiger partial charge is 0.504 e. The Morgan fingerprint density at radius 2 is 1.76 bits per heavy atom. The molecule has 2 aromatic rings. The van der Waals surface area contributed by atoms with E-state index in [0.29, 0.717) is 10.9 Å².